The topological polar surface area (TPSA) is 49.4 Å². The van der Waals surface area contributed by atoms with Gasteiger partial charge in [0.1, 0.15) is 0 Å². The standard InChI is InChI=1S/C10H14N2O2/c13-9-6-12(7-10(14)11-9)8-4-2-1-3-5-8/h1-2,8H,3-7H2,(H,11,13,14). The van der Waals surface area contributed by atoms with E-state index >= 15 is 0 Å². The van der Waals surface area contributed by atoms with Gasteiger partial charge in [-0.2, -0.15) is 0 Å². The van der Waals surface area contributed by atoms with E-state index in [0.717, 1.165) is 19.3 Å². The van der Waals surface area contributed by atoms with Gasteiger partial charge in [-0.05, 0) is 19.3 Å². The van der Waals surface area contributed by atoms with E-state index in [-0.39, 0.29) is 11.8 Å². The molecule has 1 saturated heterocycles. The molecule has 0 aromatic rings. The summed E-state index contributed by atoms with van der Waals surface area (Å²) in [6.07, 6.45) is 7.35. The van der Waals surface area contributed by atoms with Crippen LogP contribution in [0.25, 0.3) is 0 Å². The van der Waals surface area contributed by atoms with Crippen molar-refractivity contribution in [3.63, 3.8) is 0 Å². The summed E-state index contributed by atoms with van der Waals surface area (Å²) in [4.78, 5) is 24.2. The van der Waals surface area contributed by atoms with Gasteiger partial charge in [0.15, 0.2) is 0 Å². The van der Waals surface area contributed by atoms with Crippen LogP contribution in [0.5, 0.6) is 0 Å². The fourth-order valence-corrected chi connectivity index (χ4v) is 2.03. The van der Waals surface area contributed by atoms with Crippen molar-refractivity contribution in [1.82, 2.24) is 10.2 Å². The van der Waals surface area contributed by atoms with E-state index in [0.29, 0.717) is 19.1 Å². The Hall–Kier alpha value is -1.16. The SMILES string of the molecule is O=C1CN(C2CC=CCC2)CC(=O)N1. The number of amides is 2. The number of rotatable bonds is 1. The van der Waals surface area contributed by atoms with Crippen LogP contribution in [0, 0.1) is 0 Å². The molecule has 1 N–H and O–H groups in total. The van der Waals surface area contributed by atoms with Crippen LogP contribution in [-0.2, 0) is 9.59 Å². The molecule has 1 atom stereocenters. The van der Waals surface area contributed by atoms with E-state index in [1.54, 1.807) is 0 Å². The molecule has 2 aliphatic rings. The van der Waals surface area contributed by atoms with Crippen LogP contribution in [0.4, 0.5) is 0 Å². The molecule has 4 nitrogen and oxygen atoms in total. The molecule has 1 fully saturated rings. The summed E-state index contributed by atoms with van der Waals surface area (Å²) < 4.78 is 0. The van der Waals surface area contributed by atoms with Crippen LogP contribution in [0.3, 0.4) is 0 Å². The Balaban J connectivity index is 1.99. The zero-order chi connectivity index (χ0) is 9.97. The maximum absolute atomic E-state index is 11.1. The number of carbonyl (C=O) groups is 2. The highest BCUT2D eigenvalue weighted by Gasteiger charge is 2.27. The average molecular weight is 194 g/mol. The number of allylic oxidation sites excluding steroid dienone is 1. The molecule has 0 spiro atoms. The Morgan fingerprint density at radius 3 is 2.50 bits per heavy atom. The smallest absolute Gasteiger partial charge is 0.240 e. The highest BCUT2D eigenvalue weighted by molar-refractivity contribution is 5.99. The van der Waals surface area contributed by atoms with E-state index in [4.69, 9.17) is 0 Å². The van der Waals surface area contributed by atoms with Gasteiger partial charge in [0.2, 0.25) is 11.8 Å². The van der Waals surface area contributed by atoms with Crippen LogP contribution in [0.1, 0.15) is 19.3 Å². The van der Waals surface area contributed by atoms with E-state index in [1.807, 2.05) is 4.90 Å². The molecule has 1 unspecified atom stereocenters. The minimum Gasteiger partial charge on any atom is -0.294 e. The third-order valence-electron chi connectivity index (χ3n) is 2.73. The number of imide groups is 1. The molecule has 4 heteroatoms. The molecule has 2 rings (SSSR count). The predicted molar refractivity (Wildman–Crippen MR) is 51.5 cm³/mol. The van der Waals surface area contributed by atoms with Crippen LogP contribution < -0.4 is 5.32 Å². The fourth-order valence-electron chi connectivity index (χ4n) is 2.03. The van der Waals surface area contributed by atoms with Crippen LogP contribution in [-0.4, -0.2) is 35.8 Å². The molecule has 1 aliphatic carbocycles. The van der Waals surface area contributed by atoms with E-state index < -0.39 is 0 Å². The number of hydrogen-bond acceptors (Lipinski definition) is 3. The molecule has 0 radical (unpaired) electrons. The molecular weight excluding hydrogens is 180 g/mol. The lowest BCUT2D eigenvalue weighted by Gasteiger charge is -2.33. The van der Waals surface area contributed by atoms with Crippen molar-refractivity contribution in [2.75, 3.05) is 13.1 Å². The quantitative estimate of drug-likeness (QED) is 0.474. The normalized spacial score (nSPS) is 29.0. The first kappa shape index (κ1) is 9.40. The van der Waals surface area contributed by atoms with E-state index in [2.05, 4.69) is 17.5 Å². The van der Waals surface area contributed by atoms with Crippen LogP contribution in [0.15, 0.2) is 12.2 Å². The zero-order valence-electron chi connectivity index (χ0n) is 8.03. The van der Waals surface area contributed by atoms with Crippen LogP contribution >= 0.6 is 0 Å². The van der Waals surface area contributed by atoms with Gasteiger partial charge in [-0.15, -0.1) is 0 Å². The second-order valence-electron chi connectivity index (χ2n) is 3.81. The maximum Gasteiger partial charge on any atom is 0.240 e. The highest BCUT2D eigenvalue weighted by Crippen LogP contribution is 2.17. The summed E-state index contributed by atoms with van der Waals surface area (Å²) >= 11 is 0. The van der Waals surface area contributed by atoms with Crippen molar-refractivity contribution >= 4 is 11.8 Å². The Morgan fingerprint density at radius 2 is 1.93 bits per heavy atom. The third-order valence-corrected chi connectivity index (χ3v) is 2.73. The Bertz CT molecular complexity index is 270. The molecule has 1 aliphatic heterocycles. The molecule has 76 valence electrons. The second kappa shape index (κ2) is 3.92. The summed E-state index contributed by atoms with van der Waals surface area (Å²) in [7, 11) is 0. The van der Waals surface area contributed by atoms with E-state index in [1.165, 1.54) is 0 Å². The Labute approximate surface area is 83.0 Å². The minimum atomic E-state index is -0.171. The van der Waals surface area contributed by atoms with Crippen molar-refractivity contribution in [1.29, 1.82) is 0 Å². The Morgan fingerprint density at radius 1 is 1.21 bits per heavy atom. The van der Waals surface area contributed by atoms with Crippen LogP contribution in [0.2, 0.25) is 0 Å². The molecule has 0 bridgehead atoms. The van der Waals surface area contributed by atoms with Crippen molar-refractivity contribution in [3.8, 4) is 0 Å². The van der Waals surface area contributed by atoms with Crippen molar-refractivity contribution in [3.05, 3.63) is 12.2 Å². The second-order valence-corrected chi connectivity index (χ2v) is 3.81. The summed E-state index contributed by atoms with van der Waals surface area (Å²) in [5.41, 5.74) is 0. The average Bonchev–Trinajstić information content (AvgIpc) is 2.18. The van der Waals surface area contributed by atoms with Gasteiger partial charge in [-0.1, -0.05) is 12.2 Å². The number of carbonyl (C=O) groups excluding carboxylic acids is 2. The highest BCUT2D eigenvalue weighted by atomic mass is 16.2. The molecule has 1 heterocycles. The van der Waals surface area contributed by atoms with Gasteiger partial charge in [0.05, 0.1) is 13.1 Å². The molecule has 0 aromatic carbocycles. The predicted octanol–water partition coefficient (Wildman–Crippen LogP) is 0.0535. The van der Waals surface area contributed by atoms with E-state index in [9.17, 15) is 9.59 Å². The van der Waals surface area contributed by atoms with Gasteiger partial charge in [-0.25, -0.2) is 0 Å². The number of hydrogen-bond donors (Lipinski definition) is 1. The summed E-state index contributed by atoms with van der Waals surface area (Å²) in [6, 6.07) is 0.370. The molecule has 14 heavy (non-hydrogen) atoms. The molecule has 2 amide bonds. The van der Waals surface area contributed by atoms with Crippen molar-refractivity contribution < 1.29 is 9.59 Å². The number of nitrogens with zero attached hydrogens (tertiary/aromatic N) is 1. The monoisotopic (exact) mass is 194 g/mol. The number of piperazine rings is 1. The first-order valence-electron chi connectivity index (χ1n) is 4.97. The molecule has 0 saturated carbocycles. The molecular formula is C10H14N2O2. The minimum absolute atomic E-state index is 0.171. The van der Waals surface area contributed by atoms with Crippen molar-refractivity contribution in [2.45, 2.75) is 25.3 Å². The summed E-state index contributed by atoms with van der Waals surface area (Å²) in [5.74, 6) is -0.341. The lowest BCUT2D eigenvalue weighted by Crippen LogP contribution is -2.54. The van der Waals surface area contributed by atoms with Gasteiger partial charge in [0, 0.05) is 6.04 Å². The lowest BCUT2D eigenvalue weighted by molar-refractivity contribution is -0.137. The van der Waals surface area contributed by atoms with Gasteiger partial charge in [-0.3, -0.25) is 19.8 Å². The molecule has 0 aromatic heterocycles. The first-order valence-corrected chi connectivity index (χ1v) is 4.97. The maximum atomic E-state index is 11.1. The zero-order valence-corrected chi connectivity index (χ0v) is 8.03. The van der Waals surface area contributed by atoms with Gasteiger partial charge < -0.3 is 0 Å². The van der Waals surface area contributed by atoms with Crippen molar-refractivity contribution in [2.24, 2.45) is 0 Å². The largest absolute Gasteiger partial charge is 0.294 e. The number of nitrogens with one attached hydrogen (secondary N) is 1. The Kier molecular flexibility index (Phi) is 2.63. The summed E-state index contributed by atoms with van der Waals surface area (Å²) in [6.45, 7) is 0.731. The lowest BCUT2D eigenvalue weighted by atomic mass is 10.00. The fraction of sp³-hybridized carbons (Fsp3) is 0.600. The van der Waals surface area contributed by atoms with Gasteiger partial charge >= 0.3 is 0 Å². The summed E-state index contributed by atoms with van der Waals surface area (Å²) in [5, 5.41) is 2.31. The van der Waals surface area contributed by atoms with Gasteiger partial charge in [0.25, 0.3) is 0 Å². The third kappa shape index (κ3) is 2.01. The first-order chi connectivity index (χ1) is 6.75.